The van der Waals surface area contributed by atoms with Crippen LogP contribution in [-0.4, -0.2) is 42.5 Å². The lowest BCUT2D eigenvalue weighted by molar-refractivity contribution is -0.584. The fraction of sp³-hybridized carbons (Fsp3) is 0.462. The molecule has 0 saturated carbocycles. The molecule has 0 spiro atoms. The van der Waals surface area contributed by atoms with E-state index in [2.05, 4.69) is 0 Å². The van der Waals surface area contributed by atoms with Crippen molar-refractivity contribution in [2.45, 2.75) is 18.1 Å². The fourth-order valence-electron chi connectivity index (χ4n) is 2.55. The van der Waals surface area contributed by atoms with Crippen molar-refractivity contribution in [3.05, 3.63) is 46.0 Å². The molecule has 1 aliphatic heterocycles. The van der Waals surface area contributed by atoms with E-state index < -0.39 is 11.6 Å². The van der Waals surface area contributed by atoms with Crippen LogP contribution in [0.2, 0.25) is 0 Å². The van der Waals surface area contributed by atoms with Gasteiger partial charge in [-0.3, -0.25) is 14.9 Å². The highest BCUT2D eigenvalue weighted by Gasteiger charge is 2.53. The van der Waals surface area contributed by atoms with Gasteiger partial charge in [0.15, 0.2) is 0 Å². The Bertz CT molecular complexity index is 491. The van der Waals surface area contributed by atoms with Gasteiger partial charge in [-0.1, -0.05) is 30.3 Å². The molecule has 102 valence electrons. The second-order valence-electron chi connectivity index (χ2n) is 4.78. The highest BCUT2D eigenvalue weighted by molar-refractivity contribution is 5.82. The number of piperidine rings is 1. The summed E-state index contributed by atoms with van der Waals surface area (Å²) >= 11 is 0. The van der Waals surface area contributed by atoms with Crippen LogP contribution in [0.4, 0.5) is 0 Å². The smallest absolute Gasteiger partial charge is 0.267 e. The minimum atomic E-state index is -1.30. The quantitative estimate of drug-likeness (QED) is 0.604. The van der Waals surface area contributed by atoms with Gasteiger partial charge in [-0.05, 0) is 0 Å². The van der Waals surface area contributed by atoms with E-state index in [1.807, 2.05) is 6.07 Å². The van der Waals surface area contributed by atoms with Crippen molar-refractivity contribution < 1.29 is 14.5 Å². The van der Waals surface area contributed by atoms with Crippen LogP contribution in [0.3, 0.4) is 0 Å². The molecule has 2 unspecified atom stereocenters. The largest absolute Gasteiger partial charge is 0.371 e. The van der Waals surface area contributed by atoms with Gasteiger partial charge < -0.3 is 9.64 Å². The van der Waals surface area contributed by atoms with Gasteiger partial charge in [-0.15, -0.1) is 0 Å². The molecule has 2 rings (SSSR count). The molecule has 6 nitrogen and oxygen atoms in total. The molecule has 6 heteroatoms. The number of likely N-dealkylation sites (tertiary alicyclic amines) is 1. The summed E-state index contributed by atoms with van der Waals surface area (Å²) in [7, 11) is 2.96. The van der Waals surface area contributed by atoms with Gasteiger partial charge in [-0.2, -0.15) is 0 Å². The number of methoxy groups -OCH3 is 1. The van der Waals surface area contributed by atoms with E-state index in [1.165, 1.54) is 12.0 Å². The molecule has 1 aliphatic rings. The zero-order valence-corrected chi connectivity index (χ0v) is 10.9. The molecular formula is C13H16N2O4. The Morgan fingerprint density at radius 2 is 2.05 bits per heavy atom. The van der Waals surface area contributed by atoms with Crippen LogP contribution in [0.15, 0.2) is 30.3 Å². The maximum absolute atomic E-state index is 11.9. The average molecular weight is 264 g/mol. The molecule has 0 radical (unpaired) electrons. The lowest BCUT2D eigenvalue weighted by Crippen LogP contribution is -2.57. The van der Waals surface area contributed by atoms with Gasteiger partial charge in [0.2, 0.25) is 0 Å². The van der Waals surface area contributed by atoms with Gasteiger partial charge in [-0.25, -0.2) is 0 Å². The minimum absolute atomic E-state index is 0.0582. The van der Waals surface area contributed by atoms with E-state index >= 15 is 0 Å². The monoisotopic (exact) mass is 264 g/mol. The maximum atomic E-state index is 11.9. The van der Waals surface area contributed by atoms with E-state index in [9.17, 15) is 14.9 Å². The molecule has 0 aromatic heterocycles. The predicted molar refractivity (Wildman–Crippen MR) is 68.2 cm³/mol. The third-order valence-electron chi connectivity index (χ3n) is 3.62. The summed E-state index contributed by atoms with van der Waals surface area (Å²) in [6.45, 7) is 0.0582. The number of nitro groups is 1. The van der Waals surface area contributed by atoms with Crippen molar-refractivity contribution in [3.8, 4) is 0 Å². The lowest BCUT2D eigenvalue weighted by atomic mass is 9.81. The molecule has 0 N–H and O–H groups in total. The third-order valence-corrected chi connectivity index (χ3v) is 3.62. The Morgan fingerprint density at radius 3 is 2.58 bits per heavy atom. The maximum Gasteiger partial charge on any atom is 0.267 e. The van der Waals surface area contributed by atoms with Crippen LogP contribution < -0.4 is 0 Å². The van der Waals surface area contributed by atoms with Crippen LogP contribution in [0.1, 0.15) is 12.0 Å². The number of likely N-dealkylation sites (N-methyl/N-ethyl adjacent to an activating group) is 1. The van der Waals surface area contributed by atoms with Crippen molar-refractivity contribution in [1.82, 2.24) is 4.90 Å². The average Bonchev–Trinajstić information content (AvgIpc) is 2.42. The number of nitrogens with zero attached hydrogens (tertiary/aromatic N) is 2. The van der Waals surface area contributed by atoms with Crippen LogP contribution in [0.5, 0.6) is 0 Å². The van der Waals surface area contributed by atoms with Gasteiger partial charge in [0.25, 0.3) is 11.4 Å². The van der Waals surface area contributed by atoms with E-state index in [1.54, 1.807) is 31.3 Å². The summed E-state index contributed by atoms with van der Waals surface area (Å²) in [6, 6.07) is 8.78. The number of carbonyl (C=O) groups excluding carboxylic acids is 1. The Kier molecular flexibility index (Phi) is 3.53. The van der Waals surface area contributed by atoms with E-state index in [0.717, 1.165) is 0 Å². The molecule has 1 heterocycles. The minimum Gasteiger partial charge on any atom is -0.371 e. The molecule has 1 aromatic carbocycles. The van der Waals surface area contributed by atoms with E-state index in [0.29, 0.717) is 5.56 Å². The molecule has 1 fully saturated rings. The molecule has 1 aromatic rings. The SMILES string of the molecule is COC1CC(c2ccccc2)([N+](=O)[O-])CN(C)C1=O. The first-order valence-electron chi connectivity index (χ1n) is 5.99. The van der Waals surface area contributed by atoms with Crippen molar-refractivity contribution in [2.75, 3.05) is 20.7 Å². The highest BCUT2D eigenvalue weighted by Crippen LogP contribution is 2.35. The van der Waals surface area contributed by atoms with Crippen LogP contribution in [0, 0.1) is 10.1 Å². The molecule has 1 amide bonds. The first kappa shape index (κ1) is 13.5. The molecule has 19 heavy (non-hydrogen) atoms. The Balaban J connectivity index is 2.46. The predicted octanol–water partition coefficient (Wildman–Crippen LogP) is 1.04. The Labute approximate surface area is 111 Å². The summed E-state index contributed by atoms with van der Waals surface area (Å²) < 4.78 is 5.11. The first-order valence-corrected chi connectivity index (χ1v) is 5.99. The summed E-state index contributed by atoms with van der Waals surface area (Å²) in [5.41, 5.74) is -0.702. The normalized spacial score (nSPS) is 27.4. The summed E-state index contributed by atoms with van der Waals surface area (Å²) in [5.74, 6) is -0.212. The molecule has 1 saturated heterocycles. The van der Waals surface area contributed by atoms with Crippen LogP contribution in [-0.2, 0) is 15.1 Å². The fourth-order valence-corrected chi connectivity index (χ4v) is 2.55. The second-order valence-corrected chi connectivity index (χ2v) is 4.78. The van der Waals surface area contributed by atoms with Crippen LogP contribution >= 0.6 is 0 Å². The first-order chi connectivity index (χ1) is 9.01. The van der Waals surface area contributed by atoms with Gasteiger partial charge in [0.1, 0.15) is 6.10 Å². The Hall–Kier alpha value is -1.95. The zero-order chi connectivity index (χ0) is 14.0. The number of benzene rings is 1. The Morgan fingerprint density at radius 1 is 1.42 bits per heavy atom. The summed E-state index contributed by atoms with van der Waals surface area (Å²) in [4.78, 5) is 24.5. The van der Waals surface area contributed by atoms with E-state index in [4.69, 9.17) is 4.74 Å². The van der Waals surface area contributed by atoms with Crippen molar-refractivity contribution >= 4 is 5.91 Å². The number of amides is 1. The van der Waals surface area contributed by atoms with Gasteiger partial charge >= 0.3 is 0 Å². The van der Waals surface area contributed by atoms with Crippen molar-refractivity contribution in [1.29, 1.82) is 0 Å². The molecule has 2 atom stereocenters. The van der Waals surface area contributed by atoms with Crippen molar-refractivity contribution in [2.24, 2.45) is 0 Å². The number of rotatable bonds is 3. The second kappa shape index (κ2) is 4.97. The topological polar surface area (TPSA) is 72.7 Å². The molecular weight excluding hydrogens is 248 g/mol. The van der Waals surface area contributed by atoms with Crippen molar-refractivity contribution in [3.63, 3.8) is 0 Å². The van der Waals surface area contributed by atoms with E-state index in [-0.39, 0.29) is 23.8 Å². The molecule has 0 aliphatic carbocycles. The number of hydrogen-bond acceptors (Lipinski definition) is 4. The summed E-state index contributed by atoms with van der Waals surface area (Å²) in [6.07, 6.45) is -0.715. The number of ether oxygens (including phenoxy) is 1. The highest BCUT2D eigenvalue weighted by atomic mass is 16.6. The molecule has 0 bridgehead atoms. The van der Waals surface area contributed by atoms with Crippen LogP contribution in [0.25, 0.3) is 0 Å². The number of carbonyl (C=O) groups is 1. The lowest BCUT2D eigenvalue weighted by Gasteiger charge is -2.38. The zero-order valence-electron chi connectivity index (χ0n) is 10.9. The van der Waals surface area contributed by atoms with Gasteiger partial charge in [0.05, 0.1) is 13.0 Å². The summed E-state index contributed by atoms with van der Waals surface area (Å²) in [5, 5.41) is 11.6. The number of hydrogen-bond donors (Lipinski definition) is 0. The third kappa shape index (κ3) is 2.19. The van der Waals surface area contributed by atoms with Gasteiger partial charge in [0, 0.05) is 24.6 Å². The standard InChI is InChI=1S/C13H16N2O4/c1-14-9-13(15(17)18,8-11(19-2)12(14)16)10-6-4-3-5-7-10/h3-7,11H,8-9H2,1-2H3.